The largest absolute Gasteiger partial charge is 0.381 e. The van der Waals surface area contributed by atoms with Crippen molar-refractivity contribution in [2.24, 2.45) is 0 Å². The highest BCUT2D eigenvalue weighted by Gasteiger charge is 2.39. The van der Waals surface area contributed by atoms with E-state index in [1.807, 2.05) is 24.3 Å². The molecule has 0 unspecified atom stereocenters. The Hall–Kier alpha value is -2.58. The van der Waals surface area contributed by atoms with Gasteiger partial charge in [-0.05, 0) is 74.1 Å². The molecule has 1 aliphatic heterocycles. The number of nitrogens with zero attached hydrogens (tertiary/aromatic N) is 1. The third-order valence-electron chi connectivity index (χ3n) is 6.38. The van der Waals surface area contributed by atoms with Crippen molar-refractivity contribution in [3.8, 4) is 6.07 Å². The first-order chi connectivity index (χ1) is 13.7. The van der Waals surface area contributed by atoms with Crippen LogP contribution in [0.4, 0.5) is 0 Å². The molecule has 0 atom stereocenters. The minimum absolute atomic E-state index is 0.0105. The van der Waals surface area contributed by atoms with E-state index < -0.39 is 5.54 Å². The number of carbonyl (C=O) groups excluding carboxylic acids is 1. The van der Waals surface area contributed by atoms with Crippen LogP contribution in [0, 0.1) is 11.3 Å². The summed E-state index contributed by atoms with van der Waals surface area (Å²) in [5.74, 6) is 1.12. The van der Waals surface area contributed by atoms with E-state index in [1.54, 1.807) is 0 Å². The number of carbonyl (C=O) groups is 1. The normalized spacial score (nSPS) is 21.1. The monoisotopic (exact) mass is 375 g/mol. The fourth-order valence-corrected chi connectivity index (χ4v) is 4.34. The molecule has 5 heteroatoms. The SMILES string of the molecule is N#Cc1ccc(C2(NC(=O)c3cc(C4CC4)[nH]c3C3CC3)CCOCC2)cc1. The summed E-state index contributed by atoms with van der Waals surface area (Å²) in [5, 5.41) is 12.5. The van der Waals surface area contributed by atoms with Gasteiger partial charge in [0.25, 0.3) is 5.91 Å². The van der Waals surface area contributed by atoms with Crippen molar-refractivity contribution in [3.63, 3.8) is 0 Å². The number of nitrogens with one attached hydrogen (secondary N) is 2. The van der Waals surface area contributed by atoms with Crippen molar-refractivity contribution in [1.29, 1.82) is 5.26 Å². The van der Waals surface area contributed by atoms with Gasteiger partial charge in [0, 0.05) is 24.6 Å². The fraction of sp³-hybridized carbons (Fsp3) is 0.478. The Morgan fingerprint density at radius 2 is 1.79 bits per heavy atom. The van der Waals surface area contributed by atoms with E-state index in [9.17, 15) is 4.79 Å². The van der Waals surface area contributed by atoms with Gasteiger partial charge in [0.2, 0.25) is 0 Å². The minimum Gasteiger partial charge on any atom is -0.381 e. The molecule has 5 nitrogen and oxygen atoms in total. The number of hydrogen-bond donors (Lipinski definition) is 2. The van der Waals surface area contributed by atoms with E-state index in [4.69, 9.17) is 10.00 Å². The van der Waals surface area contributed by atoms with E-state index in [-0.39, 0.29) is 5.91 Å². The Labute approximate surface area is 165 Å². The van der Waals surface area contributed by atoms with Gasteiger partial charge in [0.15, 0.2) is 0 Å². The molecule has 1 amide bonds. The number of hydrogen-bond acceptors (Lipinski definition) is 3. The molecule has 0 bridgehead atoms. The minimum atomic E-state index is -0.443. The summed E-state index contributed by atoms with van der Waals surface area (Å²) in [6.45, 7) is 1.24. The summed E-state index contributed by atoms with van der Waals surface area (Å²) in [6, 6.07) is 11.9. The van der Waals surface area contributed by atoms with Crippen molar-refractivity contribution in [3.05, 3.63) is 58.4 Å². The summed E-state index contributed by atoms with van der Waals surface area (Å²) >= 11 is 0. The number of aromatic nitrogens is 1. The van der Waals surface area contributed by atoms with Crippen LogP contribution in [0.25, 0.3) is 0 Å². The molecule has 144 valence electrons. The molecule has 0 spiro atoms. The lowest BCUT2D eigenvalue weighted by atomic mass is 9.82. The van der Waals surface area contributed by atoms with Gasteiger partial charge in [0.1, 0.15) is 0 Å². The average molecular weight is 375 g/mol. The highest BCUT2D eigenvalue weighted by Crippen LogP contribution is 2.46. The van der Waals surface area contributed by atoms with Gasteiger partial charge in [-0.25, -0.2) is 0 Å². The summed E-state index contributed by atoms with van der Waals surface area (Å²) in [7, 11) is 0. The fourth-order valence-electron chi connectivity index (χ4n) is 4.34. The van der Waals surface area contributed by atoms with Gasteiger partial charge in [0.05, 0.1) is 22.7 Å². The van der Waals surface area contributed by atoms with E-state index >= 15 is 0 Å². The van der Waals surface area contributed by atoms with Crippen LogP contribution in [0.5, 0.6) is 0 Å². The Morgan fingerprint density at radius 1 is 1.11 bits per heavy atom. The maximum atomic E-state index is 13.4. The zero-order chi connectivity index (χ0) is 19.1. The number of amides is 1. The summed E-state index contributed by atoms with van der Waals surface area (Å²) < 4.78 is 5.58. The molecule has 3 fully saturated rings. The van der Waals surface area contributed by atoms with Crippen LogP contribution in [-0.2, 0) is 10.3 Å². The smallest absolute Gasteiger partial charge is 0.253 e. The van der Waals surface area contributed by atoms with E-state index in [0.717, 1.165) is 29.7 Å². The maximum absolute atomic E-state index is 13.4. The number of ether oxygens (including phenoxy) is 1. The van der Waals surface area contributed by atoms with Gasteiger partial charge in [-0.1, -0.05) is 12.1 Å². The Kier molecular flexibility index (Phi) is 4.25. The van der Waals surface area contributed by atoms with Gasteiger partial charge in [-0.2, -0.15) is 5.26 Å². The standard InChI is InChI=1S/C23H25N3O2/c24-14-15-1-7-18(8-2-15)23(9-11-28-12-10-23)26-22(27)19-13-20(16-3-4-16)25-21(19)17-5-6-17/h1-2,7-8,13,16-17,25H,3-6,9-12H2,(H,26,27). The molecular weight excluding hydrogens is 350 g/mol. The lowest BCUT2D eigenvalue weighted by Crippen LogP contribution is -2.49. The van der Waals surface area contributed by atoms with Crippen molar-refractivity contribution >= 4 is 5.91 Å². The van der Waals surface area contributed by atoms with Crippen LogP contribution in [0.15, 0.2) is 30.3 Å². The van der Waals surface area contributed by atoms with Crippen molar-refractivity contribution in [2.45, 2.75) is 55.9 Å². The zero-order valence-electron chi connectivity index (χ0n) is 16.0. The molecule has 28 heavy (non-hydrogen) atoms. The quantitative estimate of drug-likeness (QED) is 0.827. The average Bonchev–Trinajstić information content (AvgIpc) is 3.67. The lowest BCUT2D eigenvalue weighted by Gasteiger charge is -2.38. The maximum Gasteiger partial charge on any atom is 0.253 e. The van der Waals surface area contributed by atoms with Crippen LogP contribution in [0.1, 0.15) is 83.2 Å². The second-order valence-electron chi connectivity index (χ2n) is 8.44. The van der Waals surface area contributed by atoms with Gasteiger partial charge in [-0.3, -0.25) is 4.79 Å². The van der Waals surface area contributed by atoms with E-state index in [2.05, 4.69) is 22.4 Å². The number of benzene rings is 1. The molecule has 2 aromatic rings. The molecule has 2 aliphatic carbocycles. The number of H-pyrrole nitrogens is 1. The first kappa shape index (κ1) is 17.5. The van der Waals surface area contributed by atoms with Crippen LogP contribution in [0.3, 0.4) is 0 Å². The third kappa shape index (κ3) is 3.22. The third-order valence-corrected chi connectivity index (χ3v) is 6.38. The van der Waals surface area contributed by atoms with Crippen molar-refractivity contribution in [1.82, 2.24) is 10.3 Å². The van der Waals surface area contributed by atoms with Crippen molar-refractivity contribution in [2.75, 3.05) is 13.2 Å². The van der Waals surface area contributed by atoms with Gasteiger partial charge < -0.3 is 15.0 Å². The number of aromatic amines is 1. The molecule has 1 aromatic heterocycles. The Balaban J connectivity index is 1.46. The lowest BCUT2D eigenvalue weighted by molar-refractivity contribution is 0.0345. The number of nitriles is 1. The second-order valence-corrected chi connectivity index (χ2v) is 8.44. The van der Waals surface area contributed by atoms with Crippen LogP contribution in [0.2, 0.25) is 0 Å². The molecule has 2 saturated carbocycles. The first-order valence-corrected chi connectivity index (χ1v) is 10.3. The zero-order valence-corrected chi connectivity index (χ0v) is 16.0. The molecule has 2 N–H and O–H groups in total. The number of rotatable bonds is 5. The highest BCUT2D eigenvalue weighted by molar-refractivity contribution is 5.96. The molecule has 1 aromatic carbocycles. The van der Waals surface area contributed by atoms with Gasteiger partial charge >= 0.3 is 0 Å². The summed E-state index contributed by atoms with van der Waals surface area (Å²) in [5.41, 5.74) is 4.42. The van der Waals surface area contributed by atoms with Gasteiger partial charge in [-0.15, -0.1) is 0 Å². The highest BCUT2D eigenvalue weighted by atomic mass is 16.5. The van der Waals surface area contributed by atoms with E-state index in [0.29, 0.717) is 30.6 Å². The first-order valence-electron chi connectivity index (χ1n) is 10.3. The Bertz CT molecular complexity index is 924. The van der Waals surface area contributed by atoms with Crippen LogP contribution < -0.4 is 5.32 Å². The molecule has 3 aliphatic rings. The second kappa shape index (κ2) is 6.79. The Morgan fingerprint density at radius 3 is 2.39 bits per heavy atom. The summed E-state index contributed by atoms with van der Waals surface area (Å²) in [4.78, 5) is 17.0. The summed E-state index contributed by atoms with van der Waals surface area (Å²) in [6.07, 6.45) is 6.25. The van der Waals surface area contributed by atoms with Crippen molar-refractivity contribution < 1.29 is 9.53 Å². The topological polar surface area (TPSA) is 77.9 Å². The molecule has 2 heterocycles. The van der Waals surface area contributed by atoms with Crippen LogP contribution >= 0.6 is 0 Å². The predicted octanol–water partition coefficient (Wildman–Crippen LogP) is 4.08. The molecule has 0 radical (unpaired) electrons. The van der Waals surface area contributed by atoms with E-state index in [1.165, 1.54) is 31.4 Å². The molecule has 1 saturated heterocycles. The van der Waals surface area contributed by atoms with Crippen LogP contribution in [-0.4, -0.2) is 24.1 Å². The predicted molar refractivity (Wildman–Crippen MR) is 105 cm³/mol. The molecule has 5 rings (SSSR count). The molecular formula is C23H25N3O2.